The number of halogens is 1. The van der Waals surface area contributed by atoms with Crippen LogP contribution >= 0.6 is 11.6 Å². The van der Waals surface area contributed by atoms with Crippen LogP contribution in [0, 0.1) is 0 Å². The molecule has 1 aromatic heterocycles. The molecule has 0 atom stereocenters. The number of furan rings is 1. The van der Waals surface area contributed by atoms with Crippen LogP contribution in [0.4, 0.5) is 4.79 Å². The van der Waals surface area contributed by atoms with Crippen LogP contribution in [0.2, 0.25) is 5.02 Å². The smallest absolute Gasteiger partial charge is 0.321 e. The maximum atomic E-state index is 11.8. The van der Waals surface area contributed by atoms with Crippen molar-refractivity contribution in [3.8, 4) is 16.9 Å². The third-order valence-corrected chi connectivity index (χ3v) is 3.95. The summed E-state index contributed by atoms with van der Waals surface area (Å²) < 4.78 is 10.5. The maximum absolute atomic E-state index is 11.8. The molecule has 0 unspecified atom stereocenters. The molecular formula is C20H17ClN2O4. The topological polar surface area (TPSA) is 80.6 Å². The fourth-order valence-electron chi connectivity index (χ4n) is 2.36. The number of hydrogen-bond donors (Lipinski definition) is 2. The zero-order valence-electron chi connectivity index (χ0n) is 14.3. The quantitative estimate of drug-likeness (QED) is 0.673. The molecule has 27 heavy (non-hydrogen) atoms. The molecule has 0 aliphatic rings. The number of benzene rings is 2. The van der Waals surface area contributed by atoms with Gasteiger partial charge in [0.1, 0.15) is 11.5 Å². The van der Waals surface area contributed by atoms with Gasteiger partial charge in [-0.2, -0.15) is 0 Å². The van der Waals surface area contributed by atoms with Gasteiger partial charge in [0.05, 0.1) is 17.8 Å². The van der Waals surface area contributed by atoms with Gasteiger partial charge in [-0.3, -0.25) is 10.1 Å². The number of ether oxygens (including phenoxy) is 1. The molecule has 138 valence electrons. The van der Waals surface area contributed by atoms with E-state index in [1.54, 1.807) is 24.3 Å². The van der Waals surface area contributed by atoms with E-state index in [4.69, 9.17) is 20.8 Å². The van der Waals surface area contributed by atoms with Crippen molar-refractivity contribution in [3.05, 3.63) is 77.7 Å². The minimum absolute atomic E-state index is 0.180. The molecule has 2 N–H and O–H groups in total. The number of amides is 3. The van der Waals surface area contributed by atoms with E-state index in [0.717, 1.165) is 11.1 Å². The van der Waals surface area contributed by atoms with Crippen molar-refractivity contribution in [2.75, 3.05) is 6.61 Å². The molecule has 0 radical (unpaired) electrons. The Bertz CT molecular complexity index is 911. The Morgan fingerprint density at radius 2 is 1.81 bits per heavy atom. The van der Waals surface area contributed by atoms with E-state index in [2.05, 4.69) is 10.6 Å². The van der Waals surface area contributed by atoms with E-state index in [1.165, 1.54) is 6.26 Å². The molecule has 0 bridgehead atoms. The standard InChI is InChI=1S/C20H17ClN2O4/c21-17-11-15(14-5-2-1-3-6-14)8-9-18(17)27-13-19(24)23-20(25)22-12-16-7-4-10-26-16/h1-11H,12-13H2,(H2,22,23,24,25). The average molecular weight is 385 g/mol. The zero-order chi connectivity index (χ0) is 19.1. The lowest BCUT2D eigenvalue weighted by Gasteiger charge is -2.10. The second kappa shape index (κ2) is 8.91. The lowest BCUT2D eigenvalue weighted by Crippen LogP contribution is -2.41. The number of hydrogen-bond acceptors (Lipinski definition) is 4. The molecule has 0 saturated carbocycles. The van der Waals surface area contributed by atoms with Crippen molar-refractivity contribution in [1.29, 1.82) is 0 Å². The molecule has 3 amide bonds. The normalized spacial score (nSPS) is 10.3. The Morgan fingerprint density at radius 1 is 1.00 bits per heavy atom. The summed E-state index contributed by atoms with van der Waals surface area (Å²) in [7, 11) is 0. The van der Waals surface area contributed by atoms with Crippen molar-refractivity contribution in [2.24, 2.45) is 0 Å². The van der Waals surface area contributed by atoms with Crippen molar-refractivity contribution in [3.63, 3.8) is 0 Å². The molecule has 7 heteroatoms. The fraction of sp³-hybridized carbons (Fsp3) is 0.100. The van der Waals surface area contributed by atoms with Crippen LogP contribution in [0.25, 0.3) is 11.1 Å². The van der Waals surface area contributed by atoms with Crippen LogP contribution in [0.15, 0.2) is 71.3 Å². The van der Waals surface area contributed by atoms with Crippen LogP contribution < -0.4 is 15.4 Å². The Kier molecular flexibility index (Phi) is 6.12. The Morgan fingerprint density at radius 3 is 2.52 bits per heavy atom. The number of urea groups is 1. The molecule has 2 aromatic carbocycles. The summed E-state index contributed by atoms with van der Waals surface area (Å²) >= 11 is 6.23. The van der Waals surface area contributed by atoms with Gasteiger partial charge in [0.25, 0.3) is 5.91 Å². The molecule has 1 heterocycles. The van der Waals surface area contributed by atoms with Gasteiger partial charge in [-0.15, -0.1) is 0 Å². The molecule has 0 saturated heterocycles. The minimum atomic E-state index is -0.634. The van der Waals surface area contributed by atoms with Gasteiger partial charge in [-0.25, -0.2) is 4.79 Å². The lowest BCUT2D eigenvalue weighted by atomic mass is 10.1. The second-order valence-corrected chi connectivity index (χ2v) is 6.02. The third kappa shape index (κ3) is 5.36. The monoisotopic (exact) mass is 384 g/mol. The number of imide groups is 1. The second-order valence-electron chi connectivity index (χ2n) is 5.61. The number of carbonyl (C=O) groups is 2. The molecule has 0 aliphatic carbocycles. The number of carbonyl (C=O) groups excluding carboxylic acids is 2. The predicted octanol–water partition coefficient (Wildman–Crippen LogP) is 4.00. The molecule has 3 rings (SSSR count). The van der Waals surface area contributed by atoms with Gasteiger partial charge in [0.15, 0.2) is 6.61 Å². The van der Waals surface area contributed by atoms with Crippen LogP contribution in [0.5, 0.6) is 5.75 Å². The predicted molar refractivity (Wildman–Crippen MR) is 101 cm³/mol. The maximum Gasteiger partial charge on any atom is 0.321 e. The summed E-state index contributed by atoms with van der Waals surface area (Å²) in [5.41, 5.74) is 1.96. The lowest BCUT2D eigenvalue weighted by molar-refractivity contribution is -0.122. The highest BCUT2D eigenvalue weighted by molar-refractivity contribution is 6.32. The Balaban J connectivity index is 1.49. The molecule has 0 fully saturated rings. The fourth-order valence-corrected chi connectivity index (χ4v) is 2.59. The molecule has 0 spiro atoms. The molecule has 0 aliphatic heterocycles. The highest BCUT2D eigenvalue weighted by atomic mass is 35.5. The first-order valence-corrected chi connectivity index (χ1v) is 8.57. The van der Waals surface area contributed by atoms with Gasteiger partial charge < -0.3 is 14.5 Å². The summed E-state index contributed by atoms with van der Waals surface area (Å²) in [5.74, 6) is 0.358. The number of nitrogens with one attached hydrogen (secondary N) is 2. The van der Waals surface area contributed by atoms with Crippen molar-refractivity contribution in [1.82, 2.24) is 10.6 Å². The van der Waals surface area contributed by atoms with Gasteiger partial charge >= 0.3 is 6.03 Å². The van der Waals surface area contributed by atoms with E-state index < -0.39 is 11.9 Å². The summed E-state index contributed by atoms with van der Waals surface area (Å²) in [6.07, 6.45) is 1.50. The summed E-state index contributed by atoms with van der Waals surface area (Å²) in [6, 6.07) is 17.9. The summed E-state index contributed by atoms with van der Waals surface area (Å²) in [5, 5.41) is 5.06. The first-order chi connectivity index (χ1) is 13.1. The minimum Gasteiger partial charge on any atom is -0.482 e. The average Bonchev–Trinajstić information content (AvgIpc) is 3.20. The van der Waals surface area contributed by atoms with E-state index in [9.17, 15) is 9.59 Å². The summed E-state index contributed by atoms with van der Waals surface area (Å²) in [4.78, 5) is 23.5. The highest BCUT2D eigenvalue weighted by Crippen LogP contribution is 2.30. The molecule has 3 aromatic rings. The number of rotatable bonds is 6. The van der Waals surface area contributed by atoms with Crippen molar-refractivity contribution in [2.45, 2.75) is 6.54 Å². The Labute approximate surface area is 161 Å². The van der Waals surface area contributed by atoms with Crippen molar-refractivity contribution < 1.29 is 18.7 Å². The van der Waals surface area contributed by atoms with E-state index in [0.29, 0.717) is 16.5 Å². The van der Waals surface area contributed by atoms with Crippen molar-refractivity contribution >= 4 is 23.5 Å². The van der Waals surface area contributed by atoms with E-state index in [-0.39, 0.29) is 13.2 Å². The largest absolute Gasteiger partial charge is 0.482 e. The highest BCUT2D eigenvalue weighted by Gasteiger charge is 2.11. The van der Waals surface area contributed by atoms with Crippen LogP contribution in [0.1, 0.15) is 5.76 Å². The zero-order valence-corrected chi connectivity index (χ0v) is 15.0. The molecular weight excluding hydrogens is 368 g/mol. The van der Waals surface area contributed by atoms with Gasteiger partial charge in [0.2, 0.25) is 0 Å². The first-order valence-electron chi connectivity index (χ1n) is 8.19. The summed E-state index contributed by atoms with van der Waals surface area (Å²) in [6.45, 7) is -0.154. The Hall–Kier alpha value is -3.25. The van der Waals surface area contributed by atoms with Gasteiger partial charge in [0, 0.05) is 0 Å². The molecule has 6 nitrogen and oxygen atoms in total. The van der Waals surface area contributed by atoms with Crippen LogP contribution in [-0.2, 0) is 11.3 Å². The third-order valence-electron chi connectivity index (χ3n) is 3.65. The SMILES string of the molecule is O=C(COc1ccc(-c2ccccc2)cc1Cl)NC(=O)NCc1ccco1. The van der Waals surface area contributed by atoms with Crippen LogP contribution in [-0.4, -0.2) is 18.5 Å². The first kappa shape index (κ1) is 18.5. The van der Waals surface area contributed by atoms with Gasteiger partial charge in [-0.1, -0.05) is 48.0 Å². The van der Waals surface area contributed by atoms with Crippen LogP contribution in [0.3, 0.4) is 0 Å². The van der Waals surface area contributed by atoms with E-state index in [1.807, 2.05) is 36.4 Å². The van der Waals surface area contributed by atoms with E-state index >= 15 is 0 Å². The van der Waals surface area contributed by atoms with Gasteiger partial charge in [-0.05, 0) is 35.4 Å².